The Labute approximate surface area is 415 Å². The maximum Gasteiger partial charge on any atom is 0.217 e. The minimum Gasteiger partial charge on any atom is -0.486 e. The molecule has 8 heteroatoms. The molecule has 8 aromatic carbocycles. The molecule has 0 spiro atoms. The molecule has 0 aliphatic rings. The predicted molar refractivity (Wildman–Crippen MR) is 280 cm³/mol. The van der Waals surface area contributed by atoms with Crippen LogP contribution < -0.4 is 5.19 Å². The first-order chi connectivity index (χ1) is 33.3. The smallest absolute Gasteiger partial charge is 0.217 e. The van der Waals surface area contributed by atoms with E-state index in [4.69, 9.17) is 14.4 Å². The zero-order valence-electron chi connectivity index (χ0n) is 38.2. The molecule has 12 aromatic rings. The molecule has 0 fully saturated rings. The van der Waals surface area contributed by atoms with Crippen molar-refractivity contribution in [1.82, 2.24) is 19.5 Å². The van der Waals surface area contributed by atoms with Crippen LogP contribution in [-0.4, -0.2) is 27.6 Å². The summed E-state index contributed by atoms with van der Waals surface area (Å²) in [6, 6.07) is 73.5. The van der Waals surface area contributed by atoms with Gasteiger partial charge in [-0.15, -0.1) is 54.1 Å². The van der Waals surface area contributed by atoms with Crippen molar-refractivity contribution < 1.29 is 28.9 Å². The van der Waals surface area contributed by atoms with E-state index in [0.717, 1.165) is 77.6 Å². The Hall–Kier alpha value is -7.61. The zero-order chi connectivity index (χ0) is 46.2. The van der Waals surface area contributed by atoms with Gasteiger partial charge in [0, 0.05) is 49.2 Å². The second kappa shape index (κ2) is 19.2. The number of furan rings is 1. The number of hydrogen-bond donors (Lipinski definition) is 0. The van der Waals surface area contributed by atoms with Gasteiger partial charge in [0.2, 0.25) is 5.71 Å². The van der Waals surface area contributed by atoms with Gasteiger partial charge in [0.1, 0.15) is 5.82 Å². The fourth-order valence-electron chi connectivity index (χ4n) is 9.12. The van der Waals surface area contributed by atoms with Gasteiger partial charge in [0.15, 0.2) is 0 Å². The quantitative estimate of drug-likeness (QED) is 0.112. The largest absolute Gasteiger partial charge is 0.486 e. The van der Waals surface area contributed by atoms with Gasteiger partial charge in [-0.25, -0.2) is 9.37 Å². The van der Waals surface area contributed by atoms with Crippen LogP contribution in [0.1, 0.15) is 5.56 Å². The molecule has 0 atom stereocenters. The van der Waals surface area contributed by atoms with Crippen molar-refractivity contribution in [2.75, 3.05) is 0 Å². The number of nitrogens with zero attached hydrogens (tertiary/aromatic N) is 4. The molecule has 69 heavy (non-hydrogen) atoms. The van der Waals surface area contributed by atoms with Gasteiger partial charge in [0.25, 0.3) is 0 Å². The average molecular weight is 1090 g/mol. The van der Waals surface area contributed by atoms with Crippen LogP contribution in [0.3, 0.4) is 0 Å². The van der Waals surface area contributed by atoms with Crippen molar-refractivity contribution in [3.63, 3.8) is 0 Å². The standard InChI is InChI=1S/C47H29FN3O.C14H16NSi.Ir/c48-33-27-25-32(26-28-33)44-37-18-8-7-17-36(37)43-38-21-12-22-39(45(38)52-47(43)50-44)46-49-41-23-9-10-24-42(41)51(46)29-40-34(30-13-3-1-4-14-30)19-11-20-35(40)31-15-5-2-6-16-31;1-16(2,3)13-9-10-14(15-11-13)12-7-5-4-6-8-12;/h1-21,23-28H,29H2;4-7,9-11H,1-3H3;/q2*-1;. The predicted octanol–water partition coefficient (Wildman–Crippen LogP) is 15.2. The van der Waals surface area contributed by atoms with Gasteiger partial charge in [-0.3, -0.25) is 4.98 Å². The SMILES string of the molecule is C[Si](C)(C)c1ccc(-c2[c-]cccc2)nc1.Fc1ccc(-c2nc3oc4c(-c5nc6ccccc6n5Cc5c(-c6ccccc6)cccc5-c5ccccc5)[c-]ccc4c3c3ccccc23)cc1.[Ir]. The van der Waals surface area contributed by atoms with Gasteiger partial charge in [0.05, 0.1) is 36.2 Å². The second-order valence-electron chi connectivity index (χ2n) is 17.9. The van der Waals surface area contributed by atoms with Crippen LogP contribution in [0, 0.1) is 17.9 Å². The van der Waals surface area contributed by atoms with Gasteiger partial charge >= 0.3 is 0 Å². The zero-order valence-corrected chi connectivity index (χ0v) is 41.6. The number of pyridine rings is 2. The topological polar surface area (TPSA) is 56.7 Å². The van der Waals surface area contributed by atoms with Crippen LogP contribution in [0.2, 0.25) is 19.6 Å². The van der Waals surface area contributed by atoms with E-state index in [1.165, 1.54) is 34.0 Å². The monoisotopic (exact) mass is 1090 g/mol. The number of fused-ring (bicyclic) bond motifs is 6. The van der Waals surface area contributed by atoms with Crippen molar-refractivity contribution >= 4 is 57.1 Å². The summed E-state index contributed by atoms with van der Waals surface area (Å²) in [5.74, 6) is 0.471. The summed E-state index contributed by atoms with van der Waals surface area (Å²) >= 11 is 0. The normalized spacial score (nSPS) is 11.4. The minimum absolute atomic E-state index is 0. The van der Waals surface area contributed by atoms with Crippen LogP contribution in [-0.2, 0) is 26.7 Å². The molecule has 5 nitrogen and oxygen atoms in total. The maximum absolute atomic E-state index is 13.9. The fourth-order valence-corrected chi connectivity index (χ4v) is 10.2. The molecule has 4 aromatic heterocycles. The Morgan fingerprint density at radius 2 is 1.25 bits per heavy atom. The van der Waals surface area contributed by atoms with Crippen LogP contribution in [0.5, 0.6) is 0 Å². The van der Waals surface area contributed by atoms with Crippen LogP contribution in [0.4, 0.5) is 4.39 Å². The molecule has 0 aliphatic heterocycles. The third-order valence-electron chi connectivity index (χ3n) is 12.6. The first-order valence-corrected chi connectivity index (χ1v) is 26.3. The van der Waals surface area contributed by atoms with Crippen molar-refractivity contribution in [2.45, 2.75) is 26.2 Å². The molecule has 0 saturated carbocycles. The average Bonchev–Trinajstić information content (AvgIpc) is 3.96. The first-order valence-electron chi connectivity index (χ1n) is 22.8. The number of imidazole rings is 1. The van der Waals surface area contributed by atoms with Crippen molar-refractivity contribution in [1.29, 1.82) is 0 Å². The van der Waals surface area contributed by atoms with E-state index in [0.29, 0.717) is 17.8 Å². The number of rotatable bonds is 8. The molecule has 337 valence electrons. The summed E-state index contributed by atoms with van der Waals surface area (Å²) in [6.07, 6.45) is 2.02. The van der Waals surface area contributed by atoms with E-state index >= 15 is 0 Å². The molecule has 0 saturated heterocycles. The number of para-hydroxylation sites is 2. The molecule has 12 rings (SSSR count). The van der Waals surface area contributed by atoms with E-state index in [-0.39, 0.29) is 25.9 Å². The van der Waals surface area contributed by atoms with E-state index in [1.54, 1.807) is 12.1 Å². The minimum atomic E-state index is -1.23. The summed E-state index contributed by atoms with van der Waals surface area (Å²) in [5.41, 5.74) is 13.3. The Morgan fingerprint density at radius 1 is 0.580 bits per heavy atom. The van der Waals surface area contributed by atoms with E-state index in [9.17, 15) is 4.39 Å². The number of aromatic nitrogens is 4. The van der Waals surface area contributed by atoms with E-state index < -0.39 is 8.07 Å². The molecule has 0 bridgehead atoms. The van der Waals surface area contributed by atoms with Crippen molar-refractivity contribution in [3.05, 3.63) is 230 Å². The summed E-state index contributed by atoms with van der Waals surface area (Å²) < 4.78 is 23.0. The van der Waals surface area contributed by atoms with Crippen molar-refractivity contribution in [2.24, 2.45) is 0 Å². The Bertz CT molecular complexity index is 3680. The Kier molecular flexibility index (Phi) is 12.6. The van der Waals surface area contributed by atoms with Gasteiger partial charge < -0.3 is 14.0 Å². The second-order valence-corrected chi connectivity index (χ2v) is 23.0. The molecule has 0 aliphatic carbocycles. The maximum atomic E-state index is 13.9. The summed E-state index contributed by atoms with van der Waals surface area (Å²) in [4.78, 5) is 14.8. The molecule has 0 N–H and O–H groups in total. The van der Waals surface area contributed by atoms with Crippen LogP contribution >= 0.6 is 0 Å². The fraction of sp³-hybridized carbons (Fsp3) is 0.0656. The van der Waals surface area contributed by atoms with Crippen LogP contribution in [0.15, 0.2) is 211 Å². The molecule has 1 radical (unpaired) electrons. The van der Waals surface area contributed by atoms with Gasteiger partial charge in [-0.1, -0.05) is 158 Å². The molecular weight excluding hydrogens is 1040 g/mol. The molecule has 4 heterocycles. The molecular formula is C61H45FIrN4OSi-2. The van der Waals surface area contributed by atoms with Crippen LogP contribution in [0.25, 0.3) is 100 Å². The Balaban J connectivity index is 0.000000277. The summed E-state index contributed by atoms with van der Waals surface area (Å²) in [5, 5.41) is 5.24. The number of benzene rings is 8. The van der Waals surface area contributed by atoms with Crippen molar-refractivity contribution in [3.8, 4) is 56.2 Å². The van der Waals surface area contributed by atoms with Gasteiger partial charge in [-0.2, -0.15) is 0 Å². The molecule has 0 amide bonds. The summed E-state index contributed by atoms with van der Waals surface area (Å²) in [7, 11) is -1.23. The third kappa shape index (κ3) is 8.86. The number of hydrogen-bond acceptors (Lipinski definition) is 4. The number of halogens is 1. The Morgan fingerprint density at radius 3 is 1.91 bits per heavy atom. The first kappa shape index (κ1) is 45.2. The van der Waals surface area contributed by atoms with E-state index in [2.05, 4.69) is 163 Å². The summed E-state index contributed by atoms with van der Waals surface area (Å²) in [6.45, 7) is 7.56. The van der Waals surface area contributed by atoms with E-state index in [1.807, 2.05) is 60.8 Å². The van der Waals surface area contributed by atoms with Gasteiger partial charge in [-0.05, 0) is 80.5 Å². The third-order valence-corrected chi connectivity index (χ3v) is 14.6. The molecule has 0 unspecified atom stereocenters.